The Kier molecular flexibility index (Phi) is 7.74. The number of thiazole rings is 1. The van der Waals surface area contributed by atoms with Gasteiger partial charge in [-0.25, -0.2) is 9.78 Å². The third-order valence-electron chi connectivity index (χ3n) is 5.70. The molecule has 7 heteroatoms. The van der Waals surface area contributed by atoms with Crippen LogP contribution in [0.1, 0.15) is 17.0 Å². The van der Waals surface area contributed by atoms with E-state index in [2.05, 4.69) is 45.9 Å². The lowest BCUT2D eigenvalue weighted by atomic mass is 10.1. The highest BCUT2D eigenvalue weighted by Crippen LogP contribution is 2.26. The van der Waals surface area contributed by atoms with Gasteiger partial charge in [0.25, 0.3) is 0 Å². The number of benzene rings is 2. The fourth-order valence-corrected chi connectivity index (χ4v) is 4.69. The molecule has 168 valence electrons. The van der Waals surface area contributed by atoms with Crippen LogP contribution in [0.2, 0.25) is 0 Å². The van der Waals surface area contributed by atoms with Crippen LogP contribution in [-0.2, 0) is 13.0 Å². The van der Waals surface area contributed by atoms with Crippen LogP contribution < -0.4 is 10.1 Å². The molecule has 32 heavy (non-hydrogen) atoms. The lowest BCUT2D eigenvalue weighted by Crippen LogP contribution is -2.51. The summed E-state index contributed by atoms with van der Waals surface area (Å²) in [5.41, 5.74) is 3.37. The molecule has 1 saturated heterocycles. The van der Waals surface area contributed by atoms with Gasteiger partial charge in [0.1, 0.15) is 10.8 Å². The van der Waals surface area contributed by atoms with Crippen LogP contribution in [0.4, 0.5) is 4.79 Å². The predicted molar refractivity (Wildman–Crippen MR) is 129 cm³/mol. The summed E-state index contributed by atoms with van der Waals surface area (Å²) in [5, 5.41) is 6.27. The molecule has 1 aliphatic heterocycles. The van der Waals surface area contributed by atoms with Crippen molar-refractivity contribution >= 4 is 17.4 Å². The molecule has 0 radical (unpaired) electrons. The number of urea groups is 1. The fraction of sp³-hybridized carbons (Fsp3) is 0.360. The summed E-state index contributed by atoms with van der Waals surface area (Å²) < 4.78 is 5.32. The second-order valence-corrected chi connectivity index (χ2v) is 8.89. The number of methoxy groups -OCH3 is 1. The van der Waals surface area contributed by atoms with Crippen molar-refractivity contribution in [2.45, 2.75) is 19.4 Å². The highest BCUT2D eigenvalue weighted by atomic mass is 32.1. The number of amides is 2. The molecule has 1 aliphatic rings. The number of carbonyl (C=O) groups excluding carboxylic acids is 1. The number of hydrogen-bond donors (Lipinski definition) is 1. The quantitative estimate of drug-likeness (QED) is 0.521. The van der Waals surface area contributed by atoms with E-state index >= 15 is 0 Å². The second-order valence-electron chi connectivity index (χ2n) is 7.94. The number of piperazine rings is 1. The summed E-state index contributed by atoms with van der Waals surface area (Å²) >= 11 is 1.68. The maximum Gasteiger partial charge on any atom is 0.317 e. The number of hydrogen-bond acceptors (Lipinski definition) is 5. The molecule has 0 saturated carbocycles. The van der Waals surface area contributed by atoms with Gasteiger partial charge in [0.15, 0.2) is 0 Å². The van der Waals surface area contributed by atoms with Gasteiger partial charge in [-0.3, -0.25) is 4.90 Å². The molecule has 0 unspecified atom stereocenters. The molecule has 1 N–H and O–H groups in total. The third kappa shape index (κ3) is 6.08. The Balaban J connectivity index is 1.19. The van der Waals surface area contributed by atoms with E-state index in [0.29, 0.717) is 6.54 Å². The highest BCUT2D eigenvalue weighted by Gasteiger charge is 2.21. The van der Waals surface area contributed by atoms with Gasteiger partial charge in [-0.05, 0) is 30.5 Å². The fourth-order valence-electron chi connectivity index (χ4n) is 3.84. The minimum Gasteiger partial charge on any atom is -0.497 e. The summed E-state index contributed by atoms with van der Waals surface area (Å²) in [6.07, 6.45) is 1.94. The van der Waals surface area contributed by atoms with Crippen molar-refractivity contribution in [2.24, 2.45) is 0 Å². The molecule has 1 aromatic heterocycles. The van der Waals surface area contributed by atoms with E-state index in [1.165, 1.54) is 5.56 Å². The normalized spacial score (nSPS) is 14.3. The summed E-state index contributed by atoms with van der Waals surface area (Å²) in [7, 11) is 1.68. The summed E-state index contributed by atoms with van der Waals surface area (Å²) in [6, 6.07) is 18.4. The van der Waals surface area contributed by atoms with Crippen LogP contribution in [0.25, 0.3) is 11.3 Å². The van der Waals surface area contributed by atoms with E-state index in [1.54, 1.807) is 18.4 Å². The molecular formula is C25H30N4O2S. The SMILES string of the molecule is COc1cccc(-c2csc(CN3CCN(C(=O)NCCCc4ccccc4)CC3)n2)c1. The minimum atomic E-state index is 0.0484. The summed E-state index contributed by atoms with van der Waals surface area (Å²) in [5.74, 6) is 0.839. The Morgan fingerprint density at radius 2 is 1.91 bits per heavy atom. The lowest BCUT2D eigenvalue weighted by molar-refractivity contribution is 0.135. The van der Waals surface area contributed by atoms with Crippen LogP contribution in [0.5, 0.6) is 5.75 Å². The topological polar surface area (TPSA) is 57.7 Å². The van der Waals surface area contributed by atoms with Crippen molar-refractivity contribution in [3.8, 4) is 17.0 Å². The first-order chi connectivity index (χ1) is 15.7. The Labute approximate surface area is 193 Å². The van der Waals surface area contributed by atoms with Crippen molar-refractivity contribution < 1.29 is 9.53 Å². The molecule has 2 heterocycles. The number of aryl methyl sites for hydroxylation is 1. The van der Waals surface area contributed by atoms with Gasteiger partial charge >= 0.3 is 6.03 Å². The van der Waals surface area contributed by atoms with Crippen LogP contribution >= 0.6 is 11.3 Å². The zero-order valence-corrected chi connectivity index (χ0v) is 19.3. The summed E-state index contributed by atoms with van der Waals surface area (Å²) in [6.45, 7) is 4.76. The number of aromatic nitrogens is 1. The smallest absolute Gasteiger partial charge is 0.317 e. The Hall–Kier alpha value is -2.90. The zero-order valence-electron chi connectivity index (χ0n) is 18.5. The van der Waals surface area contributed by atoms with Crippen molar-refractivity contribution in [1.82, 2.24) is 20.1 Å². The van der Waals surface area contributed by atoms with Gasteiger partial charge < -0.3 is 15.0 Å². The van der Waals surface area contributed by atoms with E-state index in [-0.39, 0.29) is 6.03 Å². The Morgan fingerprint density at radius 3 is 2.69 bits per heavy atom. The van der Waals surface area contributed by atoms with Crippen molar-refractivity contribution in [3.05, 3.63) is 70.5 Å². The lowest BCUT2D eigenvalue weighted by Gasteiger charge is -2.34. The Bertz CT molecular complexity index is 1000. The first-order valence-electron chi connectivity index (χ1n) is 11.1. The molecule has 3 aromatic rings. The van der Waals surface area contributed by atoms with E-state index < -0.39 is 0 Å². The number of rotatable bonds is 8. The molecule has 4 rings (SSSR count). The zero-order chi connectivity index (χ0) is 22.2. The first-order valence-corrected chi connectivity index (χ1v) is 12.0. The van der Waals surface area contributed by atoms with Crippen LogP contribution in [0, 0.1) is 0 Å². The van der Waals surface area contributed by atoms with Gasteiger partial charge in [0, 0.05) is 43.7 Å². The minimum absolute atomic E-state index is 0.0484. The first kappa shape index (κ1) is 22.3. The number of carbonyl (C=O) groups is 1. The van der Waals surface area contributed by atoms with E-state index in [4.69, 9.17) is 9.72 Å². The van der Waals surface area contributed by atoms with Gasteiger partial charge in [-0.15, -0.1) is 11.3 Å². The Morgan fingerprint density at radius 1 is 1.09 bits per heavy atom. The van der Waals surface area contributed by atoms with Crippen molar-refractivity contribution in [3.63, 3.8) is 0 Å². The number of nitrogens with zero attached hydrogens (tertiary/aromatic N) is 3. The average molecular weight is 451 g/mol. The van der Waals surface area contributed by atoms with Crippen LogP contribution in [-0.4, -0.2) is 60.6 Å². The van der Waals surface area contributed by atoms with Gasteiger partial charge in [-0.2, -0.15) is 0 Å². The average Bonchev–Trinajstić information content (AvgIpc) is 3.31. The van der Waals surface area contributed by atoms with Crippen LogP contribution in [0.15, 0.2) is 60.0 Å². The largest absolute Gasteiger partial charge is 0.497 e. The van der Waals surface area contributed by atoms with E-state index in [0.717, 1.165) is 67.6 Å². The molecule has 2 aromatic carbocycles. The molecular weight excluding hydrogens is 420 g/mol. The van der Waals surface area contributed by atoms with Gasteiger partial charge in [0.2, 0.25) is 0 Å². The van der Waals surface area contributed by atoms with Gasteiger partial charge in [0.05, 0.1) is 19.3 Å². The third-order valence-corrected chi connectivity index (χ3v) is 6.53. The van der Waals surface area contributed by atoms with Crippen molar-refractivity contribution in [2.75, 3.05) is 39.8 Å². The van der Waals surface area contributed by atoms with Crippen LogP contribution in [0.3, 0.4) is 0 Å². The highest BCUT2D eigenvalue weighted by molar-refractivity contribution is 7.09. The molecule has 0 spiro atoms. The number of nitrogens with one attached hydrogen (secondary N) is 1. The molecule has 6 nitrogen and oxygen atoms in total. The van der Waals surface area contributed by atoms with Gasteiger partial charge in [-0.1, -0.05) is 42.5 Å². The van der Waals surface area contributed by atoms with E-state index in [1.807, 2.05) is 29.2 Å². The monoisotopic (exact) mass is 450 g/mol. The predicted octanol–water partition coefficient (Wildman–Crippen LogP) is 4.28. The summed E-state index contributed by atoms with van der Waals surface area (Å²) in [4.78, 5) is 21.6. The van der Waals surface area contributed by atoms with Crippen molar-refractivity contribution in [1.29, 1.82) is 0 Å². The molecule has 0 aliphatic carbocycles. The second kappa shape index (κ2) is 11.1. The van der Waals surface area contributed by atoms with E-state index in [9.17, 15) is 4.79 Å². The number of ether oxygens (including phenoxy) is 1. The standard InChI is InChI=1S/C25H30N4O2S/c1-31-22-11-5-10-21(17-22)23-19-32-24(27-23)18-28-13-15-29(16-14-28)25(30)26-12-6-9-20-7-3-2-4-8-20/h2-5,7-8,10-11,17,19H,6,9,12-16,18H2,1H3,(H,26,30). The molecule has 2 amide bonds. The maximum atomic E-state index is 12.5. The molecule has 0 atom stereocenters. The molecule has 1 fully saturated rings. The maximum absolute atomic E-state index is 12.5. The molecule has 0 bridgehead atoms.